The van der Waals surface area contributed by atoms with Crippen LogP contribution in [0.2, 0.25) is 0 Å². The molecule has 2 aliphatic heterocycles. The molecule has 2 saturated heterocycles. The molecule has 0 radical (unpaired) electrons. The number of likely N-dealkylation sites (tertiary alicyclic amines) is 1. The van der Waals surface area contributed by atoms with Gasteiger partial charge in [0.1, 0.15) is 5.60 Å². The van der Waals surface area contributed by atoms with Crippen LogP contribution in [0.5, 0.6) is 0 Å². The molecule has 1 unspecified atom stereocenters. The van der Waals surface area contributed by atoms with Gasteiger partial charge in [0.2, 0.25) is 5.91 Å². The van der Waals surface area contributed by atoms with Crippen molar-refractivity contribution in [2.24, 2.45) is 5.41 Å². The van der Waals surface area contributed by atoms with Crippen molar-refractivity contribution in [2.45, 2.75) is 45.1 Å². The molecule has 1 aromatic carbocycles. The van der Waals surface area contributed by atoms with Crippen LogP contribution in [0.4, 0.5) is 4.79 Å². The second-order valence-electron chi connectivity index (χ2n) is 8.03. The van der Waals surface area contributed by atoms with E-state index in [1.807, 2.05) is 45.0 Å². The molecule has 2 aliphatic rings. The zero-order valence-electron chi connectivity index (χ0n) is 15.0. The van der Waals surface area contributed by atoms with E-state index in [2.05, 4.69) is 21.2 Å². The van der Waals surface area contributed by atoms with E-state index in [-0.39, 0.29) is 23.3 Å². The summed E-state index contributed by atoms with van der Waals surface area (Å²) in [6, 6.07) is 7.98. The number of halogens is 1. The predicted molar refractivity (Wildman–Crippen MR) is 99.4 cm³/mol. The van der Waals surface area contributed by atoms with Crippen LogP contribution in [0, 0.1) is 5.41 Å². The standard InChI is InChI=1S/C19H25BrN2O3/c1-18(2,3)25-17(24)22-10-8-19(9-11-22)12-21-16(23)15(19)13-4-6-14(20)7-5-13/h4-7,15H,8-12H2,1-3H3,(H,21,23). The molecule has 25 heavy (non-hydrogen) atoms. The SMILES string of the molecule is CC(C)(C)OC(=O)N1CCC2(CC1)CNC(=O)C2c1ccc(Br)cc1. The molecule has 1 spiro atoms. The zero-order valence-corrected chi connectivity index (χ0v) is 16.6. The number of nitrogens with one attached hydrogen (secondary N) is 1. The van der Waals surface area contributed by atoms with Gasteiger partial charge in [-0.15, -0.1) is 0 Å². The number of hydrogen-bond acceptors (Lipinski definition) is 3. The molecule has 0 aromatic heterocycles. The van der Waals surface area contributed by atoms with E-state index in [1.54, 1.807) is 4.90 Å². The molecule has 0 bridgehead atoms. The van der Waals surface area contributed by atoms with Gasteiger partial charge < -0.3 is 15.0 Å². The maximum absolute atomic E-state index is 12.5. The number of amides is 2. The van der Waals surface area contributed by atoms with Crippen LogP contribution in [-0.4, -0.2) is 42.1 Å². The lowest BCUT2D eigenvalue weighted by atomic mass is 9.68. The highest BCUT2D eigenvalue weighted by Gasteiger charge is 2.50. The van der Waals surface area contributed by atoms with Gasteiger partial charge in [0.05, 0.1) is 5.92 Å². The minimum Gasteiger partial charge on any atom is -0.444 e. The lowest BCUT2D eigenvalue weighted by Gasteiger charge is -2.41. The number of nitrogens with zero attached hydrogens (tertiary/aromatic N) is 1. The van der Waals surface area contributed by atoms with E-state index in [1.165, 1.54) is 0 Å². The fourth-order valence-electron chi connectivity index (χ4n) is 3.83. The molecule has 2 heterocycles. The first-order chi connectivity index (χ1) is 11.7. The van der Waals surface area contributed by atoms with Crippen molar-refractivity contribution < 1.29 is 14.3 Å². The Kier molecular flexibility index (Phi) is 4.84. The fraction of sp³-hybridized carbons (Fsp3) is 0.579. The summed E-state index contributed by atoms with van der Waals surface area (Å²) >= 11 is 3.45. The number of carbonyl (C=O) groups excluding carboxylic acids is 2. The van der Waals surface area contributed by atoms with Crippen LogP contribution in [0.15, 0.2) is 28.7 Å². The molecule has 2 fully saturated rings. The van der Waals surface area contributed by atoms with Gasteiger partial charge in [-0.2, -0.15) is 0 Å². The predicted octanol–water partition coefficient (Wildman–Crippen LogP) is 3.68. The number of hydrogen-bond donors (Lipinski definition) is 1. The highest BCUT2D eigenvalue weighted by Crippen LogP contribution is 2.47. The monoisotopic (exact) mass is 408 g/mol. The van der Waals surface area contributed by atoms with Crippen LogP contribution < -0.4 is 5.32 Å². The molecule has 1 atom stereocenters. The molecular weight excluding hydrogens is 384 g/mol. The van der Waals surface area contributed by atoms with Crippen molar-refractivity contribution in [3.05, 3.63) is 34.3 Å². The summed E-state index contributed by atoms with van der Waals surface area (Å²) in [6.45, 7) is 7.54. The number of carbonyl (C=O) groups is 2. The molecule has 6 heteroatoms. The molecule has 3 rings (SSSR count). The Labute approximate surface area is 157 Å². The highest BCUT2D eigenvalue weighted by molar-refractivity contribution is 9.10. The molecule has 5 nitrogen and oxygen atoms in total. The number of rotatable bonds is 1. The van der Waals surface area contributed by atoms with E-state index in [0.717, 1.165) is 22.9 Å². The number of ether oxygens (including phenoxy) is 1. The third-order valence-electron chi connectivity index (χ3n) is 5.10. The van der Waals surface area contributed by atoms with Gasteiger partial charge in [0.15, 0.2) is 0 Å². The Morgan fingerprint density at radius 1 is 1.24 bits per heavy atom. The fourth-order valence-corrected chi connectivity index (χ4v) is 4.10. The van der Waals surface area contributed by atoms with E-state index < -0.39 is 5.60 Å². The summed E-state index contributed by atoms with van der Waals surface area (Å²) in [7, 11) is 0. The van der Waals surface area contributed by atoms with Crippen molar-refractivity contribution in [2.75, 3.05) is 19.6 Å². The second-order valence-corrected chi connectivity index (χ2v) is 8.95. The van der Waals surface area contributed by atoms with Gasteiger partial charge in [-0.3, -0.25) is 4.79 Å². The summed E-state index contributed by atoms with van der Waals surface area (Å²) < 4.78 is 6.48. The average Bonchev–Trinajstić information content (AvgIpc) is 2.84. The Bertz CT molecular complexity index is 658. The Morgan fingerprint density at radius 2 is 1.84 bits per heavy atom. The number of benzene rings is 1. The first kappa shape index (κ1) is 18.2. The largest absolute Gasteiger partial charge is 0.444 e. The van der Waals surface area contributed by atoms with Gasteiger partial charge in [0, 0.05) is 29.5 Å². The molecule has 0 aliphatic carbocycles. The van der Waals surface area contributed by atoms with Crippen molar-refractivity contribution in [3.8, 4) is 0 Å². The summed E-state index contributed by atoms with van der Waals surface area (Å²) in [5, 5.41) is 3.04. The maximum Gasteiger partial charge on any atom is 0.410 e. The van der Waals surface area contributed by atoms with Gasteiger partial charge >= 0.3 is 6.09 Å². The van der Waals surface area contributed by atoms with Gasteiger partial charge in [-0.05, 0) is 51.3 Å². The summed E-state index contributed by atoms with van der Waals surface area (Å²) in [6.07, 6.45) is 1.33. The van der Waals surface area contributed by atoms with Crippen LogP contribution in [-0.2, 0) is 9.53 Å². The molecular formula is C19H25BrN2O3. The maximum atomic E-state index is 12.5. The van der Waals surface area contributed by atoms with Crippen molar-refractivity contribution in [1.29, 1.82) is 0 Å². The Balaban J connectivity index is 1.73. The Morgan fingerprint density at radius 3 is 2.40 bits per heavy atom. The molecule has 136 valence electrons. The minimum atomic E-state index is -0.489. The molecule has 1 aromatic rings. The molecule has 2 amide bonds. The van der Waals surface area contributed by atoms with Gasteiger partial charge in [-0.1, -0.05) is 28.1 Å². The summed E-state index contributed by atoms with van der Waals surface area (Å²) in [4.78, 5) is 26.6. The summed E-state index contributed by atoms with van der Waals surface area (Å²) in [5.41, 5.74) is 0.435. The number of piperidine rings is 1. The lowest BCUT2D eigenvalue weighted by Crippen LogP contribution is -2.47. The van der Waals surface area contributed by atoms with E-state index >= 15 is 0 Å². The van der Waals surface area contributed by atoms with E-state index in [4.69, 9.17) is 4.74 Å². The lowest BCUT2D eigenvalue weighted by molar-refractivity contribution is -0.121. The van der Waals surface area contributed by atoms with Gasteiger partial charge in [0.25, 0.3) is 0 Å². The smallest absolute Gasteiger partial charge is 0.410 e. The van der Waals surface area contributed by atoms with Crippen LogP contribution in [0.3, 0.4) is 0 Å². The zero-order chi connectivity index (χ0) is 18.2. The first-order valence-electron chi connectivity index (χ1n) is 8.71. The van der Waals surface area contributed by atoms with Crippen molar-refractivity contribution in [1.82, 2.24) is 10.2 Å². The van der Waals surface area contributed by atoms with E-state index in [9.17, 15) is 9.59 Å². The average molecular weight is 409 g/mol. The quantitative estimate of drug-likeness (QED) is 0.770. The second kappa shape index (κ2) is 6.63. The molecule has 1 N–H and O–H groups in total. The van der Waals surface area contributed by atoms with Crippen LogP contribution in [0.1, 0.15) is 45.1 Å². The van der Waals surface area contributed by atoms with Crippen LogP contribution in [0.25, 0.3) is 0 Å². The van der Waals surface area contributed by atoms with Gasteiger partial charge in [-0.25, -0.2) is 4.79 Å². The van der Waals surface area contributed by atoms with Crippen molar-refractivity contribution in [3.63, 3.8) is 0 Å². The Hall–Kier alpha value is -1.56. The highest BCUT2D eigenvalue weighted by atomic mass is 79.9. The normalized spacial score (nSPS) is 22.8. The third-order valence-corrected chi connectivity index (χ3v) is 5.63. The third kappa shape index (κ3) is 3.84. The van der Waals surface area contributed by atoms with E-state index in [0.29, 0.717) is 19.6 Å². The first-order valence-corrected chi connectivity index (χ1v) is 9.51. The topological polar surface area (TPSA) is 58.6 Å². The van der Waals surface area contributed by atoms with Crippen LogP contribution >= 0.6 is 15.9 Å². The summed E-state index contributed by atoms with van der Waals surface area (Å²) in [5.74, 6) is -0.0607. The van der Waals surface area contributed by atoms with Crippen molar-refractivity contribution >= 4 is 27.9 Å². The molecule has 0 saturated carbocycles. The minimum absolute atomic E-state index is 0.0908.